The summed E-state index contributed by atoms with van der Waals surface area (Å²) in [5.41, 5.74) is 0. The molecule has 1 fully saturated rings. The summed E-state index contributed by atoms with van der Waals surface area (Å²) in [4.78, 5) is 11.1. The Kier molecular flexibility index (Phi) is 4.10. The molecule has 20 heavy (non-hydrogen) atoms. The minimum Gasteiger partial charge on any atom is -0.480 e. The quantitative estimate of drug-likeness (QED) is 0.922. The molecule has 2 unspecified atom stereocenters. The Morgan fingerprint density at radius 2 is 2.15 bits per heavy atom. The summed E-state index contributed by atoms with van der Waals surface area (Å²) in [6.45, 7) is 2.03. The lowest BCUT2D eigenvalue weighted by Gasteiger charge is -2.34. The SMILES string of the molecule is CC1CCN(S(=O)(=O)c2cccc(F)c2)C(C(=O)O)C1. The van der Waals surface area contributed by atoms with Gasteiger partial charge in [-0.2, -0.15) is 4.31 Å². The maximum atomic E-state index is 13.2. The van der Waals surface area contributed by atoms with Crippen molar-refractivity contribution in [3.05, 3.63) is 30.1 Å². The first-order valence-electron chi connectivity index (χ1n) is 6.32. The Bertz CT molecular complexity index is 617. The smallest absolute Gasteiger partial charge is 0.322 e. The minimum atomic E-state index is -3.99. The third kappa shape index (κ3) is 2.83. The second-order valence-electron chi connectivity index (χ2n) is 5.06. The summed E-state index contributed by atoms with van der Waals surface area (Å²) in [5, 5.41) is 9.21. The standard InChI is InChI=1S/C13H16FNO4S/c1-9-5-6-15(12(7-9)13(16)17)20(18,19)11-4-2-3-10(14)8-11/h2-4,8-9,12H,5-7H2,1H3,(H,16,17). The molecule has 110 valence electrons. The summed E-state index contributed by atoms with van der Waals surface area (Å²) in [6.07, 6.45) is 0.863. The van der Waals surface area contributed by atoms with Crippen molar-refractivity contribution < 1.29 is 22.7 Å². The Labute approximate surface area is 117 Å². The van der Waals surface area contributed by atoms with Crippen molar-refractivity contribution in [3.63, 3.8) is 0 Å². The van der Waals surface area contributed by atoms with Gasteiger partial charge in [-0.15, -0.1) is 0 Å². The molecule has 1 aliphatic rings. The van der Waals surface area contributed by atoms with Crippen LogP contribution in [0.2, 0.25) is 0 Å². The molecule has 2 atom stereocenters. The fraction of sp³-hybridized carbons (Fsp3) is 0.462. The lowest BCUT2D eigenvalue weighted by molar-refractivity contribution is -0.143. The zero-order chi connectivity index (χ0) is 14.9. The van der Waals surface area contributed by atoms with E-state index in [0.29, 0.717) is 6.42 Å². The molecule has 0 spiro atoms. The molecule has 1 aromatic rings. The van der Waals surface area contributed by atoms with Crippen LogP contribution in [0.4, 0.5) is 4.39 Å². The first-order valence-corrected chi connectivity index (χ1v) is 7.76. The van der Waals surface area contributed by atoms with Gasteiger partial charge in [0.25, 0.3) is 0 Å². The van der Waals surface area contributed by atoms with E-state index in [4.69, 9.17) is 0 Å². The largest absolute Gasteiger partial charge is 0.480 e. The van der Waals surface area contributed by atoms with E-state index in [1.54, 1.807) is 0 Å². The second-order valence-corrected chi connectivity index (χ2v) is 6.95. The maximum absolute atomic E-state index is 13.2. The zero-order valence-electron chi connectivity index (χ0n) is 11.0. The molecule has 1 heterocycles. The van der Waals surface area contributed by atoms with Gasteiger partial charge in [0.05, 0.1) is 4.90 Å². The van der Waals surface area contributed by atoms with E-state index in [1.807, 2.05) is 6.92 Å². The molecule has 0 aliphatic carbocycles. The molecule has 1 aliphatic heterocycles. The molecule has 0 saturated carbocycles. The normalized spacial score (nSPS) is 24.5. The predicted octanol–water partition coefficient (Wildman–Crippen LogP) is 1.70. The van der Waals surface area contributed by atoms with E-state index in [1.165, 1.54) is 12.1 Å². The van der Waals surface area contributed by atoms with Crippen LogP contribution in [0.3, 0.4) is 0 Å². The molecule has 0 radical (unpaired) electrons. The number of rotatable bonds is 3. The van der Waals surface area contributed by atoms with E-state index in [-0.39, 0.29) is 23.8 Å². The molecule has 5 nitrogen and oxygen atoms in total. The Hall–Kier alpha value is -1.47. The van der Waals surface area contributed by atoms with Crippen LogP contribution >= 0.6 is 0 Å². The maximum Gasteiger partial charge on any atom is 0.322 e. The number of piperidine rings is 1. The van der Waals surface area contributed by atoms with Gasteiger partial charge >= 0.3 is 5.97 Å². The van der Waals surface area contributed by atoms with E-state index in [0.717, 1.165) is 16.4 Å². The van der Waals surface area contributed by atoms with Gasteiger partial charge < -0.3 is 5.11 Å². The fourth-order valence-corrected chi connectivity index (χ4v) is 4.03. The van der Waals surface area contributed by atoms with Crippen molar-refractivity contribution in [1.29, 1.82) is 0 Å². The van der Waals surface area contributed by atoms with E-state index in [2.05, 4.69) is 0 Å². The van der Waals surface area contributed by atoms with Gasteiger partial charge in [-0.25, -0.2) is 12.8 Å². The Morgan fingerprint density at radius 1 is 1.45 bits per heavy atom. The average molecular weight is 301 g/mol. The number of carboxylic acids is 1. The number of sulfonamides is 1. The number of nitrogens with zero attached hydrogens (tertiary/aromatic N) is 1. The summed E-state index contributed by atoms with van der Waals surface area (Å²) in [7, 11) is -3.99. The number of carbonyl (C=O) groups is 1. The highest BCUT2D eigenvalue weighted by Crippen LogP contribution is 2.28. The van der Waals surface area contributed by atoms with Crippen LogP contribution in [-0.4, -0.2) is 36.4 Å². The average Bonchev–Trinajstić information content (AvgIpc) is 2.38. The van der Waals surface area contributed by atoms with Crippen molar-refractivity contribution in [3.8, 4) is 0 Å². The highest BCUT2D eigenvalue weighted by atomic mass is 32.2. The van der Waals surface area contributed by atoms with Gasteiger partial charge in [0.15, 0.2) is 0 Å². The topological polar surface area (TPSA) is 74.7 Å². The van der Waals surface area contributed by atoms with Crippen LogP contribution < -0.4 is 0 Å². The summed E-state index contributed by atoms with van der Waals surface area (Å²) in [6, 6.07) is 3.53. The molecule has 0 amide bonds. The first kappa shape index (κ1) is 14.9. The highest BCUT2D eigenvalue weighted by Gasteiger charge is 2.39. The number of hydrogen-bond donors (Lipinski definition) is 1. The molecule has 1 aromatic carbocycles. The van der Waals surface area contributed by atoms with Gasteiger partial charge in [0.2, 0.25) is 10.0 Å². The van der Waals surface area contributed by atoms with E-state index >= 15 is 0 Å². The molecule has 7 heteroatoms. The highest BCUT2D eigenvalue weighted by molar-refractivity contribution is 7.89. The van der Waals surface area contributed by atoms with Gasteiger partial charge in [0.1, 0.15) is 11.9 Å². The molecule has 0 bridgehead atoms. The van der Waals surface area contributed by atoms with Crippen molar-refractivity contribution in [2.45, 2.75) is 30.7 Å². The molecule has 0 aromatic heterocycles. The van der Waals surface area contributed by atoms with Crippen molar-refractivity contribution >= 4 is 16.0 Å². The Morgan fingerprint density at radius 3 is 2.75 bits per heavy atom. The minimum absolute atomic E-state index is 0.136. The van der Waals surface area contributed by atoms with E-state index in [9.17, 15) is 22.7 Å². The van der Waals surface area contributed by atoms with Gasteiger partial charge in [-0.05, 0) is 37.0 Å². The van der Waals surface area contributed by atoms with Crippen LogP contribution in [-0.2, 0) is 14.8 Å². The fourth-order valence-electron chi connectivity index (χ4n) is 2.39. The first-order chi connectivity index (χ1) is 9.32. The number of hydrogen-bond acceptors (Lipinski definition) is 3. The second kappa shape index (κ2) is 5.49. The predicted molar refractivity (Wildman–Crippen MR) is 70.1 cm³/mol. The number of benzene rings is 1. The Balaban J connectivity index is 2.39. The van der Waals surface area contributed by atoms with Gasteiger partial charge in [-0.3, -0.25) is 4.79 Å². The molecule has 1 N–H and O–H groups in total. The molecular weight excluding hydrogens is 285 g/mol. The van der Waals surface area contributed by atoms with Crippen LogP contribution in [0.15, 0.2) is 29.2 Å². The van der Waals surface area contributed by atoms with Gasteiger partial charge in [-0.1, -0.05) is 13.0 Å². The molecular formula is C13H16FNO4S. The van der Waals surface area contributed by atoms with Crippen molar-refractivity contribution in [1.82, 2.24) is 4.31 Å². The summed E-state index contributed by atoms with van der Waals surface area (Å²) >= 11 is 0. The van der Waals surface area contributed by atoms with Crippen molar-refractivity contribution in [2.75, 3.05) is 6.54 Å². The third-order valence-corrected chi connectivity index (χ3v) is 5.41. The lowest BCUT2D eigenvalue weighted by Crippen LogP contribution is -2.49. The third-order valence-electron chi connectivity index (χ3n) is 3.50. The van der Waals surface area contributed by atoms with Crippen LogP contribution in [0, 0.1) is 11.7 Å². The number of carboxylic acid groups (broad SMARTS) is 1. The zero-order valence-corrected chi connectivity index (χ0v) is 11.8. The number of halogens is 1. The lowest BCUT2D eigenvalue weighted by atomic mass is 9.94. The summed E-state index contributed by atoms with van der Waals surface area (Å²) < 4.78 is 39.1. The summed E-state index contributed by atoms with van der Waals surface area (Å²) in [5.74, 6) is -1.69. The van der Waals surface area contributed by atoms with Crippen LogP contribution in [0.25, 0.3) is 0 Å². The van der Waals surface area contributed by atoms with Gasteiger partial charge in [0, 0.05) is 6.54 Å². The molecule has 1 saturated heterocycles. The van der Waals surface area contributed by atoms with E-state index < -0.39 is 27.9 Å². The monoisotopic (exact) mass is 301 g/mol. The molecule has 2 rings (SSSR count). The van der Waals surface area contributed by atoms with Crippen molar-refractivity contribution in [2.24, 2.45) is 5.92 Å². The van der Waals surface area contributed by atoms with Crippen LogP contribution in [0.5, 0.6) is 0 Å². The van der Waals surface area contributed by atoms with Crippen LogP contribution in [0.1, 0.15) is 19.8 Å². The number of aliphatic carboxylic acids is 1.